The van der Waals surface area contributed by atoms with Crippen molar-refractivity contribution in [1.82, 2.24) is 9.97 Å². The molecule has 2 rings (SSSR count). The Morgan fingerprint density at radius 2 is 2.44 bits per heavy atom. The van der Waals surface area contributed by atoms with Crippen LogP contribution in [0, 0.1) is 0 Å². The third kappa shape index (κ3) is 3.14. The molecule has 100 valence electrons. The van der Waals surface area contributed by atoms with Crippen LogP contribution in [0.15, 0.2) is 16.0 Å². The Morgan fingerprint density at radius 3 is 3.06 bits per heavy atom. The van der Waals surface area contributed by atoms with E-state index in [0.29, 0.717) is 5.16 Å². The maximum Gasteiger partial charge on any atom is 0.251 e. The minimum Gasteiger partial charge on any atom is -0.389 e. The minimum atomic E-state index is -0.649. The van der Waals surface area contributed by atoms with E-state index < -0.39 is 5.60 Å². The fourth-order valence-electron chi connectivity index (χ4n) is 2.36. The molecular weight excluding hydrogens is 248 g/mol. The summed E-state index contributed by atoms with van der Waals surface area (Å²) in [6, 6.07) is 1.56. The van der Waals surface area contributed by atoms with Gasteiger partial charge in [-0.15, -0.1) is 0 Å². The van der Waals surface area contributed by atoms with Gasteiger partial charge in [-0.05, 0) is 32.6 Å². The minimum absolute atomic E-state index is 0.103. The second-order valence-corrected chi connectivity index (χ2v) is 6.34. The van der Waals surface area contributed by atoms with Gasteiger partial charge >= 0.3 is 0 Å². The molecule has 18 heavy (non-hydrogen) atoms. The van der Waals surface area contributed by atoms with Crippen molar-refractivity contribution >= 4 is 11.8 Å². The van der Waals surface area contributed by atoms with E-state index in [1.54, 1.807) is 6.07 Å². The summed E-state index contributed by atoms with van der Waals surface area (Å²) in [5.41, 5.74) is 0.0826. The highest BCUT2D eigenvalue weighted by atomic mass is 32.2. The van der Waals surface area contributed by atoms with Gasteiger partial charge in [0.2, 0.25) is 0 Å². The number of hydrogen-bond donors (Lipinski definition) is 2. The summed E-state index contributed by atoms with van der Waals surface area (Å²) in [5, 5.41) is 11.0. The van der Waals surface area contributed by atoms with E-state index >= 15 is 0 Å². The SMILES string of the molecule is CCCc1cc(=O)[nH]c(SC2CCCC2(C)O)n1. The van der Waals surface area contributed by atoms with E-state index in [1.165, 1.54) is 11.8 Å². The van der Waals surface area contributed by atoms with Crippen LogP contribution >= 0.6 is 11.8 Å². The van der Waals surface area contributed by atoms with Crippen molar-refractivity contribution in [3.05, 3.63) is 22.1 Å². The molecular formula is C13H20N2O2S. The molecule has 0 spiro atoms. The monoisotopic (exact) mass is 268 g/mol. The van der Waals surface area contributed by atoms with E-state index in [9.17, 15) is 9.90 Å². The summed E-state index contributed by atoms with van der Waals surface area (Å²) >= 11 is 1.50. The number of H-pyrrole nitrogens is 1. The number of rotatable bonds is 4. The molecule has 0 aliphatic heterocycles. The van der Waals surface area contributed by atoms with Gasteiger partial charge in [-0.25, -0.2) is 4.98 Å². The molecule has 0 bridgehead atoms. The summed E-state index contributed by atoms with van der Waals surface area (Å²) in [6.07, 6.45) is 4.62. The Kier molecular flexibility index (Phi) is 4.12. The summed E-state index contributed by atoms with van der Waals surface area (Å²) in [5.74, 6) is 0. The smallest absolute Gasteiger partial charge is 0.251 e. The molecule has 1 saturated carbocycles. The van der Waals surface area contributed by atoms with Crippen LogP contribution in [0.3, 0.4) is 0 Å². The van der Waals surface area contributed by atoms with Gasteiger partial charge in [0, 0.05) is 17.0 Å². The Hall–Kier alpha value is -0.810. The van der Waals surface area contributed by atoms with E-state index in [1.807, 2.05) is 6.92 Å². The lowest BCUT2D eigenvalue weighted by Crippen LogP contribution is -2.31. The Labute approximate surface area is 111 Å². The van der Waals surface area contributed by atoms with Crippen molar-refractivity contribution in [1.29, 1.82) is 0 Å². The second kappa shape index (κ2) is 5.45. The van der Waals surface area contributed by atoms with Crippen LogP contribution < -0.4 is 5.56 Å². The maximum atomic E-state index is 11.5. The summed E-state index contributed by atoms with van der Waals surface area (Å²) < 4.78 is 0. The van der Waals surface area contributed by atoms with Crippen molar-refractivity contribution < 1.29 is 5.11 Å². The first kappa shape index (κ1) is 13.6. The van der Waals surface area contributed by atoms with Crippen LogP contribution in [-0.2, 0) is 6.42 Å². The Balaban J connectivity index is 2.16. The first-order valence-electron chi connectivity index (χ1n) is 6.50. The van der Waals surface area contributed by atoms with E-state index in [0.717, 1.165) is 37.8 Å². The highest BCUT2D eigenvalue weighted by Crippen LogP contribution is 2.40. The molecule has 1 heterocycles. The summed E-state index contributed by atoms with van der Waals surface area (Å²) in [4.78, 5) is 18.8. The molecule has 5 heteroatoms. The lowest BCUT2D eigenvalue weighted by Gasteiger charge is -2.24. The average Bonchev–Trinajstić information content (AvgIpc) is 2.58. The fourth-order valence-corrected chi connectivity index (χ4v) is 3.62. The van der Waals surface area contributed by atoms with Gasteiger partial charge in [0.15, 0.2) is 5.16 Å². The molecule has 1 aliphatic rings. The van der Waals surface area contributed by atoms with E-state index in [4.69, 9.17) is 0 Å². The highest BCUT2D eigenvalue weighted by molar-refractivity contribution is 7.99. The molecule has 0 aromatic carbocycles. The van der Waals surface area contributed by atoms with Crippen LogP contribution in [0.2, 0.25) is 0 Å². The van der Waals surface area contributed by atoms with Gasteiger partial charge in [-0.1, -0.05) is 25.1 Å². The van der Waals surface area contributed by atoms with Gasteiger partial charge in [0.25, 0.3) is 5.56 Å². The molecule has 2 N–H and O–H groups in total. The summed E-state index contributed by atoms with van der Waals surface area (Å²) in [6.45, 7) is 3.93. The lowest BCUT2D eigenvalue weighted by atomic mass is 10.1. The van der Waals surface area contributed by atoms with Gasteiger partial charge in [-0.2, -0.15) is 0 Å². The topological polar surface area (TPSA) is 66.0 Å². The van der Waals surface area contributed by atoms with Crippen LogP contribution in [0.25, 0.3) is 0 Å². The van der Waals surface area contributed by atoms with Crippen molar-refractivity contribution in [3.63, 3.8) is 0 Å². The van der Waals surface area contributed by atoms with Crippen molar-refractivity contribution in [2.24, 2.45) is 0 Å². The fraction of sp³-hybridized carbons (Fsp3) is 0.692. The zero-order valence-corrected chi connectivity index (χ0v) is 11.7. The van der Waals surface area contributed by atoms with Gasteiger partial charge in [-0.3, -0.25) is 4.79 Å². The quantitative estimate of drug-likeness (QED) is 0.821. The molecule has 1 fully saturated rings. The van der Waals surface area contributed by atoms with Gasteiger partial charge < -0.3 is 10.1 Å². The van der Waals surface area contributed by atoms with Gasteiger partial charge in [0.1, 0.15) is 0 Å². The van der Waals surface area contributed by atoms with E-state index in [2.05, 4.69) is 16.9 Å². The normalized spacial score (nSPS) is 27.6. The standard InChI is InChI=1S/C13H20N2O2S/c1-3-5-9-8-11(16)15-12(14-9)18-10-6-4-7-13(10,2)17/h8,10,17H,3-7H2,1-2H3,(H,14,15,16). The first-order valence-corrected chi connectivity index (χ1v) is 7.38. The Morgan fingerprint density at radius 1 is 1.67 bits per heavy atom. The van der Waals surface area contributed by atoms with Crippen molar-refractivity contribution in [2.45, 2.75) is 62.0 Å². The number of hydrogen-bond acceptors (Lipinski definition) is 4. The molecule has 1 aromatic rings. The van der Waals surface area contributed by atoms with E-state index in [-0.39, 0.29) is 10.8 Å². The number of aromatic amines is 1. The molecule has 0 saturated heterocycles. The first-order chi connectivity index (χ1) is 8.51. The van der Waals surface area contributed by atoms with Crippen LogP contribution in [0.5, 0.6) is 0 Å². The van der Waals surface area contributed by atoms with Gasteiger partial charge in [0.05, 0.1) is 5.60 Å². The second-order valence-electron chi connectivity index (χ2n) is 5.15. The third-order valence-corrected chi connectivity index (χ3v) is 4.82. The van der Waals surface area contributed by atoms with Crippen LogP contribution in [0.1, 0.15) is 45.2 Å². The molecule has 0 radical (unpaired) electrons. The average molecular weight is 268 g/mol. The number of aliphatic hydroxyl groups is 1. The molecule has 1 aliphatic carbocycles. The van der Waals surface area contributed by atoms with Crippen molar-refractivity contribution in [2.75, 3.05) is 0 Å². The molecule has 2 unspecified atom stereocenters. The molecule has 0 amide bonds. The predicted octanol–water partition coefficient (Wildman–Crippen LogP) is 2.12. The highest BCUT2D eigenvalue weighted by Gasteiger charge is 2.37. The van der Waals surface area contributed by atoms with Crippen LogP contribution in [-0.4, -0.2) is 25.9 Å². The molecule has 2 atom stereocenters. The molecule has 1 aromatic heterocycles. The van der Waals surface area contributed by atoms with Crippen LogP contribution in [0.4, 0.5) is 0 Å². The third-order valence-electron chi connectivity index (χ3n) is 3.38. The number of thioether (sulfide) groups is 1. The number of nitrogens with one attached hydrogen (secondary N) is 1. The largest absolute Gasteiger partial charge is 0.389 e. The maximum absolute atomic E-state index is 11.5. The number of aryl methyl sites for hydroxylation is 1. The summed E-state index contributed by atoms with van der Waals surface area (Å²) in [7, 11) is 0. The number of aromatic nitrogens is 2. The Bertz CT molecular complexity index is 470. The molecule has 4 nitrogen and oxygen atoms in total. The zero-order chi connectivity index (χ0) is 13.2. The predicted molar refractivity (Wildman–Crippen MR) is 73.0 cm³/mol. The number of nitrogens with zero attached hydrogens (tertiary/aromatic N) is 1. The lowest BCUT2D eigenvalue weighted by molar-refractivity contribution is 0.0733. The zero-order valence-electron chi connectivity index (χ0n) is 10.9. The van der Waals surface area contributed by atoms with Crippen molar-refractivity contribution in [3.8, 4) is 0 Å².